The average molecular weight is 228 g/mol. The molecule has 1 unspecified atom stereocenters. The highest BCUT2D eigenvalue weighted by Gasteiger charge is 2.24. The molecular formula is C13H28N2O. The average Bonchev–Trinajstić information content (AvgIpc) is 2.29. The molecule has 3 atom stereocenters. The van der Waals surface area contributed by atoms with Gasteiger partial charge < -0.3 is 15.3 Å². The lowest BCUT2D eigenvalue weighted by atomic mass is 9.92. The van der Waals surface area contributed by atoms with Crippen LogP contribution in [0.2, 0.25) is 0 Å². The number of likely N-dealkylation sites (N-methyl/N-ethyl adjacent to an activating group) is 1. The number of hydrogen-bond donors (Lipinski definition) is 2. The molecule has 0 bridgehead atoms. The van der Waals surface area contributed by atoms with E-state index in [0.29, 0.717) is 12.1 Å². The van der Waals surface area contributed by atoms with Crippen LogP contribution in [0.15, 0.2) is 0 Å². The fourth-order valence-electron chi connectivity index (χ4n) is 2.59. The second-order valence-corrected chi connectivity index (χ2v) is 5.01. The molecule has 0 aromatic rings. The normalized spacial score (nSPS) is 28.3. The maximum atomic E-state index is 9.89. The first-order valence-corrected chi connectivity index (χ1v) is 6.83. The van der Waals surface area contributed by atoms with Crippen molar-refractivity contribution >= 4 is 0 Å². The molecule has 16 heavy (non-hydrogen) atoms. The zero-order valence-corrected chi connectivity index (χ0v) is 11.1. The molecule has 2 N–H and O–H groups in total. The molecule has 0 aromatic carbocycles. The van der Waals surface area contributed by atoms with E-state index in [1.54, 1.807) is 0 Å². The first-order valence-electron chi connectivity index (χ1n) is 6.83. The molecule has 1 aliphatic carbocycles. The third-order valence-electron chi connectivity index (χ3n) is 3.65. The van der Waals surface area contributed by atoms with Gasteiger partial charge in [-0.2, -0.15) is 0 Å². The van der Waals surface area contributed by atoms with Crippen LogP contribution < -0.4 is 5.32 Å². The Morgan fingerprint density at radius 3 is 2.44 bits per heavy atom. The van der Waals surface area contributed by atoms with Gasteiger partial charge in [-0.05, 0) is 32.9 Å². The lowest BCUT2D eigenvalue weighted by Crippen LogP contribution is -2.49. The number of nitrogens with zero attached hydrogens (tertiary/aromatic N) is 1. The van der Waals surface area contributed by atoms with Crippen LogP contribution in [0.25, 0.3) is 0 Å². The molecule has 3 heteroatoms. The van der Waals surface area contributed by atoms with Gasteiger partial charge in [0, 0.05) is 18.6 Å². The highest BCUT2D eigenvalue weighted by atomic mass is 16.3. The van der Waals surface area contributed by atoms with Crippen LogP contribution in [0.3, 0.4) is 0 Å². The second kappa shape index (κ2) is 7.25. The summed E-state index contributed by atoms with van der Waals surface area (Å²) in [6.07, 6.45) is 4.41. The van der Waals surface area contributed by atoms with Crippen LogP contribution in [-0.4, -0.2) is 47.8 Å². The predicted octanol–water partition coefficient (Wildman–Crippen LogP) is 1.61. The summed E-state index contributed by atoms with van der Waals surface area (Å²) < 4.78 is 0. The standard InChI is InChI=1S/C13H28N2O/c1-4-15(5-2)10-11(3)14-12-8-6-7-9-13(12)16/h11-14,16H,4-10H2,1-3H3/t11?,12-,13-/m1/s1. The Bertz CT molecular complexity index is 183. The van der Waals surface area contributed by atoms with Gasteiger partial charge in [0.15, 0.2) is 0 Å². The van der Waals surface area contributed by atoms with E-state index in [0.717, 1.165) is 32.5 Å². The van der Waals surface area contributed by atoms with E-state index in [2.05, 4.69) is 31.0 Å². The van der Waals surface area contributed by atoms with Gasteiger partial charge in [0.25, 0.3) is 0 Å². The van der Waals surface area contributed by atoms with Crippen LogP contribution in [0, 0.1) is 0 Å². The summed E-state index contributed by atoms with van der Waals surface area (Å²) in [7, 11) is 0. The molecule has 0 heterocycles. The van der Waals surface area contributed by atoms with Crippen LogP contribution in [0.1, 0.15) is 46.5 Å². The Labute approximate surface area is 100 Å². The number of aliphatic hydroxyl groups excluding tert-OH is 1. The monoisotopic (exact) mass is 228 g/mol. The van der Waals surface area contributed by atoms with Crippen LogP contribution in [0.4, 0.5) is 0 Å². The summed E-state index contributed by atoms with van der Waals surface area (Å²) >= 11 is 0. The maximum Gasteiger partial charge on any atom is 0.0693 e. The summed E-state index contributed by atoms with van der Waals surface area (Å²) in [4.78, 5) is 2.42. The van der Waals surface area contributed by atoms with Gasteiger partial charge in [0.2, 0.25) is 0 Å². The molecule has 0 amide bonds. The van der Waals surface area contributed by atoms with Gasteiger partial charge in [-0.1, -0.05) is 26.7 Å². The van der Waals surface area contributed by atoms with Crippen LogP contribution >= 0.6 is 0 Å². The van der Waals surface area contributed by atoms with Gasteiger partial charge in [0.1, 0.15) is 0 Å². The lowest BCUT2D eigenvalue weighted by Gasteiger charge is -2.33. The molecule has 0 saturated heterocycles. The molecular weight excluding hydrogens is 200 g/mol. The Morgan fingerprint density at radius 2 is 1.88 bits per heavy atom. The molecule has 1 aliphatic rings. The molecule has 0 spiro atoms. The lowest BCUT2D eigenvalue weighted by molar-refractivity contribution is 0.0826. The summed E-state index contributed by atoms with van der Waals surface area (Å²) in [5.74, 6) is 0. The maximum absolute atomic E-state index is 9.89. The minimum absolute atomic E-state index is 0.132. The van der Waals surface area contributed by atoms with Gasteiger partial charge in [-0.25, -0.2) is 0 Å². The molecule has 1 saturated carbocycles. The van der Waals surface area contributed by atoms with Crippen molar-refractivity contribution in [2.75, 3.05) is 19.6 Å². The zero-order chi connectivity index (χ0) is 12.0. The minimum Gasteiger partial charge on any atom is -0.392 e. The molecule has 0 aliphatic heterocycles. The first-order chi connectivity index (χ1) is 7.67. The SMILES string of the molecule is CCN(CC)CC(C)N[C@@H]1CCCC[C@H]1O. The van der Waals surface area contributed by atoms with Crippen LogP contribution in [-0.2, 0) is 0 Å². The molecule has 1 fully saturated rings. The van der Waals surface area contributed by atoms with Crippen molar-refractivity contribution in [3.63, 3.8) is 0 Å². The summed E-state index contributed by atoms with van der Waals surface area (Å²) in [5, 5.41) is 13.5. The first kappa shape index (κ1) is 13.9. The highest BCUT2D eigenvalue weighted by Crippen LogP contribution is 2.18. The Morgan fingerprint density at radius 1 is 1.25 bits per heavy atom. The zero-order valence-electron chi connectivity index (χ0n) is 11.1. The van der Waals surface area contributed by atoms with Crippen molar-refractivity contribution in [2.24, 2.45) is 0 Å². The van der Waals surface area contributed by atoms with E-state index in [9.17, 15) is 5.11 Å². The number of aliphatic hydroxyl groups is 1. The molecule has 96 valence electrons. The largest absolute Gasteiger partial charge is 0.392 e. The van der Waals surface area contributed by atoms with E-state index < -0.39 is 0 Å². The van der Waals surface area contributed by atoms with Crippen molar-refractivity contribution in [1.29, 1.82) is 0 Å². The number of hydrogen-bond acceptors (Lipinski definition) is 3. The van der Waals surface area contributed by atoms with Crippen molar-refractivity contribution < 1.29 is 5.11 Å². The van der Waals surface area contributed by atoms with Crippen molar-refractivity contribution in [1.82, 2.24) is 10.2 Å². The number of rotatable bonds is 6. The van der Waals surface area contributed by atoms with Gasteiger partial charge in [0.05, 0.1) is 6.10 Å². The van der Waals surface area contributed by atoms with E-state index >= 15 is 0 Å². The Balaban J connectivity index is 2.29. The molecule has 0 aromatic heterocycles. The van der Waals surface area contributed by atoms with Gasteiger partial charge in [-0.3, -0.25) is 0 Å². The van der Waals surface area contributed by atoms with E-state index in [4.69, 9.17) is 0 Å². The number of nitrogens with one attached hydrogen (secondary N) is 1. The fraction of sp³-hybridized carbons (Fsp3) is 1.00. The molecule has 0 radical (unpaired) electrons. The quantitative estimate of drug-likeness (QED) is 0.725. The smallest absolute Gasteiger partial charge is 0.0693 e. The van der Waals surface area contributed by atoms with Gasteiger partial charge >= 0.3 is 0 Å². The molecule has 3 nitrogen and oxygen atoms in total. The van der Waals surface area contributed by atoms with Crippen molar-refractivity contribution in [3.05, 3.63) is 0 Å². The summed E-state index contributed by atoms with van der Waals surface area (Å²) in [6, 6.07) is 0.789. The highest BCUT2D eigenvalue weighted by molar-refractivity contribution is 4.83. The summed E-state index contributed by atoms with van der Waals surface area (Å²) in [6.45, 7) is 9.92. The topological polar surface area (TPSA) is 35.5 Å². The van der Waals surface area contributed by atoms with E-state index in [1.165, 1.54) is 12.8 Å². The molecule has 1 rings (SSSR count). The van der Waals surface area contributed by atoms with Crippen LogP contribution in [0.5, 0.6) is 0 Å². The second-order valence-electron chi connectivity index (χ2n) is 5.01. The van der Waals surface area contributed by atoms with E-state index in [-0.39, 0.29) is 6.10 Å². The predicted molar refractivity (Wildman–Crippen MR) is 68.6 cm³/mol. The Hall–Kier alpha value is -0.120. The van der Waals surface area contributed by atoms with Crippen molar-refractivity contribution in [2.45, 2.75) is 64.6 Å². The van der Waals surface area contributed by atoms with Crippen molar-refractivity contribution in [3.8, 4) is 0 Å². The third-order valence-corrected chi connectivity index (χ3v) is 3.65. The van der Waals surface area contributed by atoms with E-state index in [1.807, 2.05) is 0 Å². The van der Waals surface area contributed by atoms with Gasteiger partial charge in [-0.15, -0.1) is 0 Å². The summed E-state index contributed by atoms with van der Waals surface area (Å²) in [5.41, 5.74) is 0. The minimum atomic E-state index is -0.132. The third kappa shape index (κ3) is 4.40. The fourth-order valence-corrected chi connectivity index (χ4v) is 2.59. The Kier molecular flexibility index (Phi) is 6.32.